The van der Waals surface area contributed by atoms with Gasteiger partial charge in [0.15, 0.2) is 0 Å². The largest absolute Gasteiger partial charge is 0.469 e. The molecule has 1 N–H and O–H groups in total. The molecule has 1 unspecified atom stereocenters. The van der Waals surface area contributed by atoms with E-state index in [1.54, 1.807) is 0 Å². The summed E-state index contributed by atoms with van der Waals surface area (Å²) in [7, 11) is 1.41. The summed E-state index contributed by atoms with van der Waals surface area (Å²) < 4.78 is 5.70. The average Bonchev–Trinajstić information content (AvgIpc) is 2.29. The minimum atomic E-state index is -0.187. The molecule has 94 valence electrons. The van der Waals surface area contributed by atoms with Crippen molar-refractivity contribution in [2.24, 2.45) is 0 Å². The number of hydrogen-bond donors (Lipinski definition) is 1. The van der Waals surface area contributed by atoms with Gasteiger partial charge in [-0.25, -0.2) is 0 Å². The summed E-state index contributed by atoms with van der Waals surface area (Å²) in [5.41, 5.74) is 1.20. The van der Waals surface area contributed by atoms with Crippen LogP contribution in [0.25, 0.3) is 0 Å². The monoisotopic (exact) mass is 299 g/mol. The Morgan fingerprint density at radius 2 is 1.94 bits per heavy atom. The summed E-state index contributed by atoms with van der Waals surface area (Å²) in [6.07, 6.45) is 0.386. The molecule has 0 saturated carbocycles. The first-order valence-electron chi connectivity index (χ1n) is 5.61. The fourth-order valence-electron chi connectivity index (χ4n) is 1.67. The molecule has 0 aromatic heterocycles. The lowest BCUT2D eigenvalue weighted by molar-refractivity contribution is -0.141. The van der Waals surface area contributed by atoms with Crippen LogP contribution in [-0.4, -0.2) is 19.1 Å². The molecule has 0 radical (unpaired) electrons. The summed E-state index contributed by atoms with van der Waals surface area (Å²) >= 11 is 3.41. The number of halogens is 1. The van der Waals surface area contributed by atoms with Crippen LogP contribution in [0.5, 0.6) is 0 Å². The van der Waals surface area contributed by atoms with E-state index in [1.165, 1.54) is 12.7 Å². The highest BCUT2D eigenvalue weighted by Gasteiger charge is 2.12. The van der Waals surface area contributed by atoms with E-state index in [0.717, 1.165) is 4.47 Å². The van der Waals surface area contributed by atoms with Crippen molar-refractivity contribution in [2.45, 2.75) is 32.4 Å². The Kier molecular flexibility index (Phi) is 5.65. The van der Waals surface area contributed by atoms with Crippen LogP contribution in [0.1, 0.15) is 31.9 Å². The molecule has 17 heavy (non-hydrogen) atoms. The molecule has 2 atom stereocenters. The maximum atomic E-state index is 11.1. The summed E-state index contributed by atoms with van der Waals surface area (Å²) in [6, 6.07) is 8.46. The molecule has 0 aliphatic heterocycles. The third kappa shape index (κ3) is 4.88. The summed E-state index contributed by atoms with van der Waals surface area (Å²) in [5, 5.41) is 3.36. The molecule has 0 bridgehead atoms. The van der Waals surface area contributed by atoms with Gasteiger partial charge in [0.1, 0.15) is 0 Å². The number of methoxy groups -OCH3 is 1. The Labute approximate surface area is 111 Å². The summed E-state index contributed by atoms with van der Waals surface area (Å²) in [4.78, 5) is 11.1. The first kappa shape index (κ1) is 14.2. The van der Waals surface area contributed by atoms with Gasteiger partial charge >= 0.3 is 5.97 Å². The van der Waals surface area contributed by atoms with Crippen LogP contribution in [0.15, 0.2) is 28.7 Å². The van der Waals surface area contributed by atoms with Gasteiger partial charge in [0.25, 0.3) is 0 Å². The van der Waals surface area contributed by atoms with Crippen molar-refractivity contribution in [3.63, 3.8) is 0 Å². The van der Waals surface area contributed by atoms with Crippen LogP contribution < -0.4 is 5.32 Å². The highest BCUT2D eigenvalue weighted by molar-refractivity contribution is 9.10. The lowest BCUT2D eigenvalue weighted by Crippen LogP contribution is -2.31. The van der Waals surface area contributed by atoms with E-state index in [4.69, 9.17) is 0 Å². The third-order valence-corrected chi connectivity index (χ3v) is 3.13. The Hall–Kier alpha value is -0.870. The predicted molar refractivity (Wildman–Crippen MR) is 71.8 cm³/mol. The van der Waals surface area contributed by atoms with Gasteiger partial charge in [-0.2, -0.15) is 0 Å². The van der Waals surface area contributed by atoms with Crippen molar-refractivity contribution < 1.29 is 9.53 Å². The SMILES string of the molecule is COC(=O)CC(C)N[C@@H](C)c1ccc(Br)cc1. The topological polar surface area (TPSA) is 38.3 Å². The second kappa shape index (κ2) is 6.77. The molecule has 1 aromatic carbocycles. The molecule has 1 aromatic rings. The number of benzene rings is 1. The van der Waals surface area contributed by atoms with Crippen LogP contribution in [0.3, 0.4) is 0 Å². The second-order valence-electron chi connectivity index (χ2n) is 4.12. The normalized spacial score (nSPS) is 14.1. The number of esters is 1. The summed E-state index contributed by atoms with van der Waals surface area (Å²) in [5.74, 6) is -0.187. The maximum Gasteiger partial charge on any atom is 0.307 e. The van der Waals surface area contributed by atoms with Gasteiger partial charge in [-0.05, 0) is 31.5 Å². The average molecular weight is 300 g/mol. The van der Waals surface area contributed by atoms with Gasteiger partial charge in [-0.1, -0.05) is 28.1 Å². The van der Waals surface area contributed by atoms with Crippen molar-refractivity contribution in [1.29, 1.82) is 0 Å². The zero-order valence-electron chi connectivity index (χ0n) is 10.4. The van der Waals surface area contributed by atoms with Gasteiger partial charge < -0.3 is 10.1 Å². The number of carbonyl (C=O) groups excluding carboxylic acids is 1. The highest BCUT2D eigenvalue weighted by atomic mass is 79.9. The number of nitrogens with one attached hydrogen (secondary N) is 1. The van der Waals surface area contributed by atoms with Crippen molar-refractivity contribution in [3.8, 4) is 0 Å². The molecular weight excluding hydrogens is 282 g/mol. The van der Waals surface area contributed by atoms with E-state index in [9.17, 15) is 4.79 Å². The van der Waals surface area contributed by atoms with Gasteiger partial charge in [0.05, 0.1) is 13.5 Å². The lowest BCUT2D eigenvalue weighted by Gasteiger charge is -2.19. The fraction of sp³-hybridized carbons (Fsp3) is 0.462. The van der Waals surface area contributed by atoms with E-state index in [-0.39, 0.29) is 18.1 Å². The van der Waals surface area contributed by atoms with Gasteiger partial charge in [-0.15, -0.1) is 0 Å². The molecule has 3 nitrogen and oxygen atoms in total. The molecule has 0 amide bonds. The molecular formula is C13H18BrNO2. The molecule has 0 saturated heterocycles. The number of hydrogen-bond acceptors (Lipinski definition) is 3. The van der Waals surface area contributed by atoms with Crippen molar-refractivity contribution in [3.05, 3.63) is 34.3 Å². The lowest BCUT2D eigenvalue weighted by atomic mass is 10.1. The Bertz CT molecular complexity index is 364. The van der Waals surface area contributed by atoms with E-state index < -0.39 is 0 Å². The zero-order chi connectivity index (χ0) is 12.8. The van der Waals surface area contributed by atoms with Crippen LogP contribution in [0.2, 0.25) is 0 Å². The minimum Gasteiger partial charge on any atom is -0.469 e. The van der Waals surface area contributed by atoms with Crippen LogP contribution in [0, 0.1) is 0 Å². The maximum absolute atomic E-state index is 11.1. The summed E-state index contributed by atoms with van der Waals surface area (Å²) in [6.45, 7) is 4.06. The number of rotatable bonds is 5. The van der Waals surface area contributed by atoms with E-state index in [1.807, 2.05) is 19.1 Å². The first-order chi connectivity index (χ1) is 8.02. The molecule has 0 heterocycles. The van der Waals surface area contributed by atoms with Crippen molar-refractivity contribution >= 4 is 21.9 Å². The molecule has 0 fully saturated rings. The second-order valence-corrected chi connectivity index (χ2v) is 5.04. The van der Waals surface area contributed by atoms with Crippen LogP contribution in [-0.2, 0) is 9.53 Å². The van der Waals surface area contributed by atoms with E-state index >= 15 is 0 Å². The standard InChI is InChI=1S/C13H18BrNO2/c1-9(8-13(16)17-3)15-10(2)11-4-6-12(14)7-5-11/h4-7,9-10,15H,8H2,1-3H3/t9?,10-/m0/s1. The van der Waals surface area contributed by atoms with Gasteiger partial charge in [0, 0.05) is 16.6 Å². The Morgan fingerprint density at radius 3 is 2.47 bits per heavy atom. The van der Waals surface area contributed by atoms with Crippen LogP contribution >= 0.6 is 15.9 Å². The fourth-order valence-corrected chi connectivity index (χ4v) is 1.93. The smallest absolute Gasteiger partial charge is 0.307 e. The molecule has 0 spiro atoms. The number of ether oxygens (including phenoxy) is 1. The van der Waals surface area contributed by atoms with E-state index in [2.05, 4.69) is 45.0 Å². The van der Waals surface area contributed by atoms with E-state index in [0.29, 0.717) is 6.42 Å². The zero-order valence-corrected chi connectivity index (χ0v) is 12.0. The third-order valence-electron chi connectivity index (χ3n) is 2.61. The highest BCUT2D eigenvalue weighted by Crippen LogP contribution is 2.17. The molecule has 4 heteroatoms. The van der Waals surface area contributed by atoms with Crippen molar-refractivity contribution in [1.82, 2.24) is 5.32 Å². The van der Waals surface area contributed by atoms with Crippen molar-refractivity contribution in [2.75, 3.05) is 7.11 Å². The van der Waals surface area contributed by atoms with Crippen LogP contribution in [0.4, 0.5) is 0 Å². The van der Waals surface area contributed by atoms with Gasteiger partial charge in [0.2, 0.25) is 0 Å². The molecule has 0 aliphatic rings. The number of carbonyl (C=O) groups is 1. The molecule has 0 aliphatic carbocycles. The quantitative estimate of drug-likeness (QED) is 0.849. The predicted octanol–water partition coefficient (Wildman–Crippen LogP) is 3.05. The Balaban J connectivity index is 2.51. The molecule has 1 rings (SSSR count). The Morgan fingerprint density at radius 1 is 1.35 bits per heavy atom. The minimum absolute atomic E-state index is 0.0982. The first-order valence-corrected chi connectivity index (χ1v) is 6.40. The van der Waals surface area contributed by atoms with Gasteiger partial charge in [-0.3, -0.25) is 4.79 Å².